The van der Waals surface area contributed by atoms with Gasteiger partial charge in [-0.3, -0.25) is 9.59 Å². The summed E-state index contributed by atoms with van der Waals surface area (Å²) in [6.45, 7) is 4.24. The summed E-state index contributed by atoms with van der Waals surface area (Å²) < 4.78 is 15.8. The first-order valence-electron chi connectivity index (χ1n) is 10.2. The van der Waals surface area contributed by atoms with Gasteiger partial charge in [-0.25, -0.2) is 0 Å². The van der Waals surface area contributed by atoms with E-state index in [0.29, 0.717) is 29.4 Å². The minimum Gasteiger partial charge on any atom is -0.493 e. The predicted octanol–water partition coefficient (Wildman–Crippen LogP) is 2.48. The van der Waals surface area contributed by atoms with Crippen LogP contribution in [0.5, 0.6) is 17.2 Å². The van der Waals surface area contributed by atoms with Crippen molar-refractivity contribution in [3.05, 3.63) is 48.0 Å². The lowest BCUT2D eigenvalue weighted by atomic mass is 10.1. The van der Waals surface area contributed by atoms with Gasteiger partial charge in [0.1, 0.15) is 0 Å². The molecular weight excluding hydrogens is 398 g/mol. The molecule has 0 fully saturated rings. The molecule has 0 radical (unpaired) electrons. The molecule has 2 aromatic rings. The number of carbonyl (C=O) groups is 2. The van der Waals surface area contributed by atoms with Crippen molar-refractivity contribution < 1.29 is 23.8 Å². The van der Waals surface area contributed by atoms with Gasteiger partial charge in [-0.05, 0) is 37.6 Å². The molecule has 2 amide bonds. The smallest absolute Gasteiger partial charge is 0.251 e. The number of nitrogens with one attached hydrogen (secondary N) is 2. The Hall–Kier alpha value is -3.42. The maximum Gasteiger partial charge on any atom is 0.251 e. The van der Waals surface area contributed by atoms with Gasteiger partial charge in [0.25, 0.3) is 5.91 Å². The molecule has 168 valence electrons. The maximum absolute atomic E-state index is 12.5. The number of amides is 2. The molecule has 0 spiro atoms. The van der Waals surface area contributed by atoms with Crippen LogP contribution in [0, 0.1) is 0 Å². The van der Waals surface area contributed by atoms with E-state index < -0.39 is 5.91 Å². The highest BCUT2D eigenvalue weighted by Crippen LogP contribution is 2.38. The van der Waals surface area contributed by atoms with Gasteiger partial charge >= 0.3 is 0 Å². The monoisotopic (exact) mass is 429 g/mol. The van der Waals surface area contributed by atoms with Gasteiger partial charge in [-0.1, -0.05) is 18.2 Å². The summed E-state index contributed by atoms with van der Waals surface area (Å²) >= 11 is 0. The van der Waals surface area contributed by atoms with Crippen LogP contribution in [0.4, 0.5) is 5.69 Å². The Bertz CT molecular complexity index is 833. The van der Waals surface area contributed by atoms with Gasteiger partial charge in [-0.2, -0.15) is 0 Å². The molecule has 2 rings (SSSR count). The highest BCUT2D eigenvalue weighted by molar-refractivity contribution is 5.97. The lowest BCUT2D eigenvalue weighted by Gasteiger charge is -2.23. The second-order valence-corrected chi connectivity index (χ2v) is 6.72. The maximum atomic E-state index is 12.5. The fraction of sp³-hybridized carbons (Fsp3) is 0.391. The van der Waals surface area contributed by atoms with E-state index in [1.165, 1.54) is 33.5 Å². The van der Waals surface area contributed by atoms with Crippen LogP contribution in [0.3, 0.4) is 0 Å². The number of nitrogens with zero attached hydrogens (tertiary/aromatic N) is 1. The molecule has 0 aliphatic heterocycles. The van der Waals surface area contributed by atoms with Gasteiger partial charge in [-0.15, -0.1) is 0 Å². The molecule has 0 saturated carbocycles. The Morgan fingerprint density at radius 3 is 2.13 bits per heavy atom. The predicted molar refractivity (Wildman–Crippen MR) is 120 cm³/mol. The van der Waals surface area contributed by atoms with Crippen molar-refractivity contribution in [2.45, 2.75) is 13.3 Å². The molecule has 8 nitrogen and oxygen atoms in total. The summed E-state index contributed by atoms with van der Waals surface area (Å²) in [5.74, 6) is 0.487. The number of carbonyl (C=O) groups excluding carboxylic acids is 2. The molecule has 0 heterocycles. The number of anilines is 1. The summed E-state index contributed by atoms with van der Waals surface area (Å²) in [5.41, 5.74) is 1.47. The molecule has 2 N–H and O–H groups in total. The zero-order valence-corrected chi connectivity index (χ0v) is 18.6. The SMILES string of the molecule is CCN(CCCNC(=O)CNC(=O)c1cc(OC)c(OC)c(OC)c1)c1ccccc1. The third kappa shape index (κ3) is 6.80. The average Bonchev–Trinajstić information content (AvgIpc) is 2.81. The normalized spacial score (nSPS) is 10.2. The summed E-state index contributed by atoms with van der Waals surface area (Å²) in [4.78, 5) is 26.8. The zero-order chi connectivity index (χ0) is 22.6. The van der Waals surface area contributed by atoms with Crippen molar-refractivity contribution in [2.24, 2.45) is 0 Å². The number of ether oxygens (including phenoxy) is 3. The van der Waals surface area contributed by atoms with Crippen LogP contribution >= 0.6 is 0 Å². The molecule has 0 aliphatic rings. The zero-order valence-electron chi connectivity index (χ0n) is 18.6. The Balaban J connectivity index is 1.80. The van der Waals surface area contributed by atoms with Crippen molar-refractivity contribution in [3.63, 3.8) is 0 Å². The average molecular weight is 430 g/mol. The molecule has 0 saturated heterocycles. The van der Waals surface area contributed by atoms with E-state index in [1.54, 1.807) is 0 Å². The van der Waals surface area contributed by atoms with E-state index in [0.717, 1.165) is 25.2 Å². The van der Waals surface area contributed by atoms with E-state index in [1.807, 2.05) is 18.2 Å². The van der Waals surface area contributed by atoms with E-state index in [9.17, 15) is 9.59 Å². The Morgan fingerprint density at radius 1 is 0.935 bits per heavy atom. The van der Waals surface area contributed by atoms with Gasteiger partial charge in [0, 0.05) is 30.9 Å². The fourth-order valence-electron chi connectivity index (χ4n) is 3.14. The van der Waals surface area contributed by atoms with Crippen molar-refractivity contribution in [1.29, 1.82) is 0 Å². The van der Waals surface area contributed by atoms with Crippen LogP contribution in [0.1, 0.15) is 23.7 Å². The van der Waals surface area contributed by atoms with Crippen LogP contribution in [0.15, 0.2) is 42.5 Å². The number of methoxy groups -OCH3 is 3. The highest BCUT2D eigenvalue weighted by Gasteiger charge is 2.17. The van der Waals surface area contributed by atoms with Crippen molar-refractivity contribution in [3.8, 4) is 17.2 Å². The largest absolute Gasteiger partial charge is 0.493 e. The van der Waals surface area contributed by atoms with Gasteiger partial charge in [0.2, 0.25) is 11.7 Å². The minimum absolute atomic E-state index is 0.119. The Morgan fingerprint density at radius 2 is 1.58 bits per heavy atom. The second-order valence-electron chi connectivity index (χ2n) is 6.72. The van der Waals surface area contributed by atoms with Gasteiger partial charge in [0.15, 0.2) is 11.5 Å². The van der Waals surface area contributed by atoms with Crippen molar-refractivity contribution in [1.82, 2.24) is 10.6 Å². The molecule has 0 aliphatic carbocycles. The summed E-state index contributed by atoms with van der Waals surface area (Å²) in [6.07, 6.45) is 0.801. The summed E-state index contributed by atoms with van der Waals surface area (Å²) in [5, 5.41) is 5.45. The first-order chi connectivity index (χ1) is 15.0. The lowest BCUT2D eigenvalue weighted by molar-refractivity contribution is -0.120. The number of rotatable bonds is 12. The highest BCUT2D eigenvalue weighted by atomic mass is 16.5. The fourth-order valence-corrected chi connectivity index (χ4v) is 3.14. The molecule has 0 atom stereocenters. The van der Waals surface area contributed by atoms with Crippen LogP contribution in [0.2, 0.25) is 0 Å². The van der Waals surface area contributed by atoms with Crippen LogP contribution in [-0.4, -0.2) is 59.3 Å². The van der Waals surface area contributed by atoms with E-state index in [-0.39, 0.29) is 12.5 Å². The quantitative estimate of drug-likeness (QED) is 0.504. The van der Waals surface area contributed by atoms with Crippen LogP contribution in [0.25, 0.3) is 0 Å². The van der Waals surface area contributed by atoms with Gasteiger partial charge in [0.05, 0.1) is 27.9 Å². The summed E-state index contributed by atoms with van der Waals surface area (Å²) in [6, 6.07) is 13.2. The Kier molecular flexibility index (Phi) is 9.48. The molecule has 0 unspecified atom stereocenters. The van der Waals surface area contributed by atoms with Gasteiger partial charge < -0.3 is 29.7 Å². The van der Waals surface area contributed by atoms with Crippen molar-refractivity contribution >= 4 is 17.5 Å². The second kappa shape index (κ2) is 12.3. The first kappa shape index (κ1) is 23.9. The van der Waals surface area contributed by atoms with E-state index >= 15 is 0 Å². The third-order valence-electron chi connectivity index (χ3n) is 4.77. The third-order valence-corrected chi connectivity index (χ3v) is 4.77. The number of hydrogen-bond acceptors (Lipinski definition) is 6. The summed E-state index contributed by atoms with van der Waals surface area (Å²) in [7, 11) is 4.44. The molecule has 2 aromatic carbocycles. The van der Waals surface area contributed by atoms with E-state index in [2.05, 4.69) is 34.6 Å². The Labute approximate surface area is 183 Å². The number of para-hydroxylation sites is 1. The number of hydrogen-bond donors (Lipinski definition) is 2. The standard InChI is InChI=1S/C23H31N3O5/c1-5-26(18-10-7-6-8-11-18)13-9-12-24-21(27)16-25-23(28)17-14-19(29-2)22(31-4)20(15-17)30-3/h6-8,10-11,14-15H,5,9,12-13,16H2,1-4H3,(H,24,27)(H,25,28). The molecule has 0 aromatic heterocycles. The molecule has 0 bridgehead atoms. The lowest BCUT2D eigenvalue weighted by Crippen LogP contribution is -2.38. The topological polar surface area (TPSA) is 89.1 Å². The van der Waals surface area contributed by atoms with Crippen LogP contribution < -0.4 is 29.7 Å². The molecular formula is C23H31N3O5. The number of benzene rings is 2. The molecule has 8 heteroatoms. The molecule has 31 heavy (non-hydrogen) atoms. The first-order valence-corrected chi connectivity index (χ1v) is 10.2. The minimum atomic E-state index is -0.407. The van der Waals surface area contributed by atoms with E-state index in [4.69, 9.17) is 14.2 Å². The van der Waals surface area contributed by atoms with Crippen molar-refractivity contribution in [2.75, 3.05) is 52.4 Å². The van der Waals surface area contributed by atoms with Crippen LogP contribution in [-0.2, 0) is 4.79 Å².